The highest BCUT2D eigenvalue weighted by Crippen LogP contribution is 2.45. The molecular weight excluding hydrogens is 463 g/mol. The van der Waals surface area contributed by atoms with Crippen LogP contribution in [0, 0.1) is 25.7 Å². The molecule has 4 rings (SSSR count). The number of alkyl halides is 3. The Labute approximate surface area is 213 Å². The second-order valence-electron chi connectivity index (χ2n) is 11.0. The summed E-state index contributed by atoms with van der Waals surface area (Å²) in [4.78, 5) is 20.1. The Hall–Kier alpha value is -2.54. The summed E-state index contributed by atoms with van der Waals surface area (Å²) in [7, 11) is 1.71. The smallest absolute Gasteiger partial charge is 0.321 e. The second kappa shape index (κ2) is 10.1. The van der Waals surface area contributed by atoms with Gasteiger partial charge < -0.3 is 14.7 Å². The van der Waals surface area contributed by atoms with Gasteiger partial charge in [0.25, 0.3) is 0 Å². The number of piperidine rings is 1. The molecule has 2 aromatic rings. The first-order chi connectivity index (χ1) is 16.9. The lowest BCUT2D eigenvalue weighted by Crippen LogP contribution is -2.51. The maximum Gasteiger partial charge on any atom is 0.416 e. The van der Waals surface area contributed by atoms with Crippen LogP contribution in [0.2, 0.25) is 0 Å². The van der Waals surface area contributed by atoms with Gasteiger partial charge in [0.2, 0.25) is 0 Å². The average Bonchev–Trinajstić information content (AvgIpc) is 3.26. The number of nitrogens with zero attached hydrogens (tertiary/aromatic N) is 3. The van der Waals surface area contributed by atoms with Gasteiger partial charge in [-0.05, 0) is 75.8 Å². The van der Waals surface area contributed by atoms with Crippen LogP contribution in [0.5, 0.6) is 0 Å². The molecule has 0 aliphatic carbocycles. The fourth-order valence-electron chi connectivity index (χ4n) is 6.03. The molecule has 2 amide bonds. The van der Waals surface area contributed by atoms with Crippen LogP contribution in [0.4, 0.5) is 18.0 Å². The quantitative estimate of drug-likeness (QED) is 0.459. The molecular formula is C29H38F3N3O. The maximum absolute atomic E-state index is 14.0. The van der Waals surface area contributed by atoms with E-state index in [9.17, 15) is 18.0 Å². The zero-order chi connectivity index (χ0) is 26.4. The van der Waals surface area contributed by atoms with Gasteiger partial charge in [0, 0.05) is 38.6 Å². The minimum Gasteiger partial charge on any atom is -0.321 e. The van der Waals surface area contributed by atoms with E-state index in [-0.39, 0.29) is 12.1 Å². The van der Waals surface area contributed by atoms with Crippen molar-refractivity contribution < 1.29 is 18.0 Å². The summed E-state index contributed by atoms with van der Waals surface area (Å²) in [5.74, 6) is 0.848. The van der Waals surface area contributed by atoms with Crippen LogP contribution in [0.1, 0.15) is 67.1 Å². The van der Waals surface area contributed by atoms with Crippen molar-refractivity contribution in [3.05, 3.63) is 70.3 Å². The van der Waals surface area contributed by atoms with E-state index in [0.29, 0.717) is 35.5 Å². The number of urea groups is 1. The summed E-state index contributed by atoms with van der Waals surface area (Å²) < 4.78 is 40.4. The summed E-state index contributed by atoms with van der Waals surface area (Å²) in [5.41, 5.74) is 2.68. The fourth-order valence-corrected chi connectivity index (χ4v) is 6.03. The zero-order valence-corrected chi connectivity index (χ0v) is 22.1. The van der Waals surface area contributed by atoms with Gasteiger partial charge in [0.1, 0.15) is 0 Å². The molecule has 4 atom stereocenters. The van der Waals surface area contributed by atoms with Crippen LogP contribution < -0.4 is 0 Å². The van der Waals surface area contributed by atoms with Gasteiger partial charge in [-0.3, -0.25) is 0 Å². The van der Waals surface area contributed by atoms with Crippen molar-refractivity contribution in [2.24, 2.45) is 11.8 Å². The zero-order valence-electron chi connectivity index (χ0n) is 22.1. The van der Waals surface area contributed by atoms with Crippen LogP contribution >= 0.6 is 0 Å². The van der Waals surface area contributed by atoms with E-state index < -0.39 is 17.8 Å². The van der Waals surface area contributed by atoms with E-state index in [1.165, 1.54) is 11.6 Å². The minimum absolute atomic E-state index is 0.0564. The monoisotopic (exact) mass is 501 g/mol. The molecule has 36 heavy (non-hydrogen) atoms. The van der Waals surface area contributed by atoms with Crippen LogP contribution in [-0.4, -0.2) is 53.5 Å². The lowest BCUT2D eigenvalue weighted by molar-refractivity contribution is -0.137. The lowest BCUT2D eigenvalue weighted by Gasteiger charge is -2.45. The van der Waals surface area contributed by atoms with Crippen molar-refractivity contribution in [3.8, 4) is 0 Å². The van der Waals surface area contributed by atoms with Gasteiger partial charge >= 0.3 is 12.2 Å². The Morgan fingerprint density at radius 3 is 2.39 bits per heavy atom. The van der Waals surface area contributed by atoms with Crippen molar-refractivity contribution in [1.82, 2.24) is 14.7 Å². The molecule has 2 aromatic carbocycles. The van der Waals surface area contributed by atoms with E-state index in [4.69, 9.17) is 0 Å². The number of aryl methyl sites for hydroxylation is 2. The Morgan fingerprint density at radius 1 is 1.06 bits per heavy atom. The average molecular weight is 502 g/mol. The molecule has 196 valence electrons. The number of benzene rings is 2. The predicted octanol–water partition coefficient (Wildman–Crippen LogP) is 6.84. The highest BCUT2D eigenvalue weighted by atomic mass is 19.4. The van der Waals surface area contributed by atoms with Gasteiger partial charge in [0.05, 0.1) is 17.6 Å². The summed E-state index contributed by atoms with van der Waals surface area (Å²) in [6.45, 7) is 12.6. The number of fused-ring (bicyclic) bond motifs is 1. The highest BCUT2D eigenvalue weighted by Gasteiger charge is 2.47. The third-order valence-corrected chi connectivity index (χ3v) is 8.28. The predicted molar refractivity (Wildman–Crippen MR) is 137 cm³/mol. The Bertz CT molecular complexity index is 1100. The van der Waals surface area contributed by atoms with Gasteiger partial charge in [-0.15, -0.1) is 0 Å². The topological polar surface area (TPSA) is 26.8 Å². The molecule has 2 fully saturated rings. The van der Waals surface area contributed by atoms with Crippen molar-refractivity contribution in [3.63, 3.8) is 0 Å². The SMILES string of the molecule is Cc1cc([C@@H](C)N(C)C(=O)N2CC[C@@H]3CN(C(C)C)CC3[C@@H]2c2ccccc2C)cc(C(F)(F)F)c1. The number of carbonyl (C=O) groups excluding carboxylic acids is 1. The third-order valence-electron chi connectivity index (χ3n) is 8.28. The Balaban J connectivity index is 1.66. The van der Waals surface area contributed by atoms with Crippen molar-refractivity contribution in [2.75, 3.05) is 26.7 Å². The summed E-state index contributed by atoms with van der Waals surface area (Å²) >= 11 is 0. The third kappa shape index (κ3) is 5.13. The van der Waals surface area contributed by atoms with Gasteiger partial charge in [-0.1, -0.05) is 35.9 Å². The van der Waals surface area contributed by atoms with E-state index in [1.54, 1.807) is 31.9 Å². The van der Waals surface area contributed by atoms with Gasteiger partial charge in [-0.25, -0.2) is 4.79 Å². The molecule has 2 heterocycles. The van der Waals surface area contributed by atoms with Crippen molar-refractivity contribution >= 4 is 6.03 Å². The molecule has 1 unspecified atom stereocenters. The van der Waals surface area contributed by atoms with Crippen LogP contribution in [0.3, 0.4) is 0 Å². The molecule has 4 nitrogen and oxygen atoms in total. The molecule has 7 heteroatoms. The number of halogens is 3. The molecule has 0 saturated carbocycles. The number of carbonyl (C=O) groups is 1. The molecule has 0 radical (unpaired) electrons. The molecule has 0 bridgehead atoms. The highest BCUT2D eigenvalue weighted by molar-refractivity contribution is 5.75. The van der Waals surface area contributed by atoms with Crippen molar-refractivity contribution in [1.29, 1.82) is 0 Å². The first-order valence-electron chi connectivity index (χ1n) is 12.9. The number of hydrogen-bond donors (Lipinski definition) is 0. The van der Waals surface area contributed by atoms with Crippen LogP contribution in [-0.2, 0) is 6.18 Å². The minimum atomic E-state index is -4.42. The normalized spacial score (nSPS) is 23.6. The second-order valence-corrected chi connectivity index (χ2v) is 11.0. The molecule has 2 saturated heterocycles. The fraction of sp³-hybridized carbons (Fsp3) is 0.552. The summed E-state index contributed by atoms with van der Waals surface area (Å²) in [6.07, 6.45) is -3.49. The van der Waals surface area contributed by atoms with Crippen LogP contribution in [0.15, 0.2) is 42.5 Å². The summed E-state index contributed by atoms with van der Waals surface area (Å²) in [5, 5.41) is 0. The molecule has 0 spiro atoms. The van der Waals surface area contributed by atoms with Gasteiger partial charge in [-0.2, -0.15) is 13.2 Å². The maximum atomic E-state index is 14.0. The molecule has 0 aromatic heterocycles. The van der Waals surface area contributed by atoms with E-state index in [1.807, 2.05) is 17.0 Å². The largest absolute Gasteiger partial charge is 0.416 e. The summed E-state index contributed by atoms with van der Waals surface area (Å²) in [6, 6.07) is 12.1. The lowest BCUT2D eigenvalue weighted by atomic mass is 9.78. The number of hydrogen-bond acceptors (Lipinski definition) is 2. The van der Waals surface area contributed by atoms with E-state index in [0.717, 1.165) is 31.1 Å². The van der Waals surface area contributed by atoms with Crippen LogP contribution in [0.25, 0.3) is 0 Å². The van der Waals surface area contributed by atoms with Crippen molar-refractivity contribution in [2.45, 2.75) is 65.3 Å². The first kappa shape index (κ1) is 26.5. The molecule has 2 aliphatic heterocycles. The first-order valence-corrected chi connectivity index (χ1v) is 12.9. The van der Waals surface area contributed by atoms with E-state index >= 15 is 0 Å². The number of amides is 2. The van der Waals surface area contributed by atoms with Gasteiger partial charge in [0.15, 0.2) is 0 Å². The Kier molecular flexibility index (Phi) is 7.42. The number of likely N-dealkylation sites (tertiary alicyclic amines) is 2. The van der Waals surface area contributed by atoms with E-state index in [2.05, 4.69) is 37.8 Å². The number of rotatable bonds is 4. The molecule has 0 N–H and O–H groups in total. The Morgan fingerprint density at radius 2 is 1.75 bits per heavy atom. The standard InChI is InChI=1S/C29H38F3N3O/c1-18(2)34-16-22-11-12-35(27(26(22)17-34)25-10-8-7-9-20(25)4)28(36)33(6)21(5)23-13-19(3)14-24(15-23)29(30,31)32/h7-10,13-15,18,21-22,26-27H,11-12,16-17H2,1-6H3/t21-,22-,26?,27+/m1/s1. The molecule has 2 aliphatic rings.